The molecule has 0 aliphatic heterocycles. The second-order valence-electron chi connectivity index (χ2n) is 7.14. The van der Waals surface area contributed by atoms with Gasteiger partial charge in [-0.25, -0.2) is 4.79 Å². The van der Waals surface area contributed by atoms with E-state index in [1.807, 2.05) is 5.32 Å². The largest absolute Gasteiger partial charge is 0.480 e. The Bertz CT molecular complexity index is 787. The lowest BCUT2D eigenvalue weighted by Crippen LogP contribution is -2.59. The fourth-order valence-electron chi connectivity index (χ4n) is 2.47. The van der Waals surface area contributed by atoms with E-state index in [-0.39, 0.29) is 12.8 Å². The summed E-state index contributed by atoms with van der Waals surface area (Å²) in [7, 11) is 0. The summed E-state index contributed by atoms with van der Waals surface area (Å²) in [5.74, 6) is -7.55. The minimum absolute atomic E-state index is 0.341. The molecule has 0 aliphatic rings. The van der Waals surface area contributed by atoms with Crippen molar-refractivity contribution in [3.63, 3.8) is 0 Å². The van der Waals surface area contributed by atoms with Crippen LogP contribution in [-0.2, 0) is 33.6 Å². The molecule has 5 unspecified atom stereocenters. The van der Waals surface area contributed by atoms with Crippen molar-refractivity contribution in [1.29, 1.82) is 0 Å². The number of carboxylic acid groups (broad SMARTS) is 1. The molecule has 186 valence electrons. The molecule has 5 atom stereocenters. The SMILES string of the molecule is CC(O)C(NC(=O)C(CC(N)=O)NC(=O)C(CCC(N)=O)NC(=O)C(N)CC(N)=O)C(=O)O. The summed E-state index contributed by atoms with van der Waals surface area (Å²) in [6, 6.07) is -6.36. The van der Waals surface area contributed by atoms with Crippen molar-refractivity contribution in [2.75, 3.05) is 0 Å². The average Bonchev–Trinajstić information content (AvgIpc) is 2.66. The Hall–Kier alpha value is -3.79. The van der Waals surface area contributed by atoms with E-state index in [4.69, 9.17) is 28.0 Å². The van der Waals surface area contributed by atoms with Gasteiger partial charge in [0.05, 0.1) is 25.0 Å². The standard InChI is InChI=1S/C17H29N7O9/c1-6(25)13(17(32)33)24-16(31)9(5-12(21)28)23-15(30)8(2-3-10(19)26)22-14(29)7(18)4-11(20)27/h6-9,13,25H,2-5,18H2,1H3,(H2,19,26)(H2,20,27)(H2,21,28)(H,22,29)(H,23,30)(H,24,31)(H,32,33). The Kier molecular flexibility index (Phi) is 12.0. The highest BCUT2D eigenvalue weighted by molar-refractivity contribution is 5.96. The van der Waals surface area contributed by atoms with Crippen molar-refractivity contribution in [2.24, 2.45) is 22.9 Å². The van der Waals surface area contributed by atoms with E-state index in [2.05, 4.69) is 10.6 Å². The number of aliphatic hydroxyl groups excluding tert-OH is 1. The topological polar surface area (TPSA) is 300 Å². The number of amides is 6. The van der Waals surface area contributed by atoms with Gasteiger partial charge in [-0.05, 0) is 13.3 Å². The quantitative estimate of drug-likeness (QED) is 0.108. The summed E-state index contributed by atoms with van der Waals surface area (Å²) in [6.07, 6.45) is -3.54. The summed E-state index contributed by atoms with van der Waals surface area (Å²) in [4.78, 5) is 81.8. The van der Waals surface area contributed by atoms with Crippen LogP contribution in [0.3, 0.4) is 0 Å². The third kappa shape index (κ3) is 11.4. The first-order valence-corrected chi connectivity index (χ1v) is 9.58. The Labute approximate surface area is 187 Å². The molecule has 0 saturated heterocycles. The van der Waals surface area contributed by atoms with Gasteiger partial charge in [0.15, 0.2) is 6.04 Å². The molecule has 16 heteroatoms. The van der Waals surface area contributed by atoms with Crippen molar-refractivity contribution in [3.8, 4) is 0 Å². The number of carbonyl (C=O) groups excluding carboxylic acids is 6. The first kappa shape index (κ1) is 29.2. The number of nitrogens with one attached hydrogen (secondary N) is 3. The molecule has 0 saturated carbocycles. The van der Waals surface area contributed by atoms with Crippen LogP contribution in [0, 0.1) is 0 Å². The molecule has 0 aromatic heterocycles. The smallest absolute Gasteiger partial charge is 0.328 e. The third-order valence-corrected chi connectivity index (χ3v) is 4.15. The molecule has 33 heavy (non-hydrogen) atoms. The maximum Gasteiger partial charge on any atom is 0.328 e. The van der Waals surface area contributed by atoms with E-state index in [0.29, 0.717) is 0 Å². The van der Waals surface area contributed by atoms with E-state index in [1.54, 1.807) is 0 Å². The van der Waals surface area contributed by atoms with Gasteiger partial charge >= 0.3 is 5.97 Å². The van der Waals surface area contributed by atoms with Crippen molar-refractivity contribution >= 4 is 41.4 Å². The monoisotopic (exact) mass is 475 g/mol. The van der Waals surface area contributed by atoms with E-state index in [0.717, 1.165) is 6.92 Å². The summed E-state index contributed by atoms with van der Waals surface area (Å²) in [5.41, 5.74) is 20.6. The van der Waals surface area contributed by atoms with Gasteiger partial charge in [0.25, 0.3) is 0 Å². The highest BCUT2D eigenvalue weighted by Crippen LogP contribution is 2.03. The van der Waals surface area contributed by atoms with Crippen molar-refractivity contribution in [2.45, 2.75) is 62.9 Å². The van der Waals surface area contributed by atoms with Crippen LogP contribution in [0.5, 0.6) is 0 Å². The fourth-order valence-corrected chi connectivity index (χ4v) is 2.47. The van der Waals surface area contributed by atoms with Crippen LogP contribution in [0.15, 0.2) is 0 Å². The minimum Gasteiger partial charge on any atom is -0.480 e. The number of carboxylic acids is 1. The number of carbonyl (C=O) groups is 7. The van der Waals surface area contributed by atoms with Gasteiger partial charge in [-0.2, -0.15) is 0 Å². The highest BCUT2D eigenvalue weighted by Gasteiger charge is 2.32. The Balaban J connectivity index is 5.60. The van der Waals surface area contributed by atoms with E-state index < -0.39 is 84.5 Å². The number of hydrogen-bond donors (Lipinski definition) is 9. The Morgan fingerprint density at radius 3 is 1.67 bits per heavy atom. The Morgan fingerprint density at radius 2 is 1.24 bits per heavy atom. The van der Waals surface area contributed by atoms with Gasteiger partial charge < -0.3 is 49.1 Å². The van der Waals surface area contributed by atoms with Gasteiger partial charge in [-0.1, -0.05) is 0 Å². The van der Waals surface area contributed by atoms with Crippen molar-refractivity contribution in [1.82, 2.24) is 16.0 Å². The fraction of sp³-hybridized carbons (Fsp3) is 0.588. The molecule has 0 radical (unpaired) electrons. The van der Waals surface area contributed by atoms with Crippen LogP contribution in [-0.4, -0.2) is 81.9 Å². The van der Waals surface area contributed by atoms with E-state index in [1.165, 1.54) is 0 Å². The van der Waals surface area contributed by atoms with Gasteiger partial charge in [0.2, 0.25) is 35.4 Å². The Morgan fingerprint density at radius 1 is 0.758 bits per heavy atom. The number of nitrogens with two attached hydrogens (primary N) is 4. The zero-order valence-electron chi connectivity index (χ0n) is 17.8. The molecule has 0 rings (SSSR count). The number of primary amides is 3. The molecular formula is C17H29N7O9. The maximum absolute atomic E-state index is 12.7. The number of rotatable bonds is 15. The predicted molar refractivity (Wildman–Crippen MR) is 109 cm³/mol. The molecule has 0 aromatic carbocycles. The molecule has 13 N–H and O–H groups in total. The maximum atomic E-state index is 12.7. The van der Waals surface area contributed by atoms with Crippen LogP contribution in [0.1, 0.15) is 32.6 Å². The zero-order chi connectivity index (χ0) is 25.9. The number of hydrogen-bond acceptors (Lipinski definition) is 9. The van der Waals surface area contributed by atoms with E-state index >= 15 is 0 Å². The second kappa shape index (κ2) is 13.6. The van der Waals surface area contributed by atoms with Gasteiger partial charge in [0.1, 0.15) is 12.1 Å². The number of aliphatic carboxylic acids is 1. The van der Waals surface area contributed by atoms with Gasteiger partial charge in [0, 0.05) is 6.42 Å². The first-order chi connectivity index (χ1) is 15.1. The van der Waals surface area contributed by atoms with Crippen LogP contribution in [0.25, 0.3) is 0 Å². The number of aliphatic hydroxyl groups is 1. The van der Waals surface area contributed by atoms with Gasteiger partial charge in [-0.3, -0.25) is 28.8 Å². The molecule has 0 aliphatic carbocycles. The molecule has 0 fully saturated rings. The van der Waals surface area contributed by atoms with Gasteiger partial charge in [-0.15, -0.1) is 0 Å². The van der Waals surface area contributed by atoms with Crippen LogP contribution in [0.4, 0.5) is 0 Å². The van der Waals surface area contributed by atoms with Crippen LogP contribution >= 0.6 is 0 Å². The van der Waals surface area contributed by atoms with E-state index in [9.17, 15) is 38.7 Å². The van der Waals surface area contributed by atoms with Crippen molar-refractivity contribution in [3.05, 3.63) is 0 Å². The molecule has 0 heterocycles. The average molecular weight is 475 g/mol. The lowest BCUT2D eigenvalue weighted by Gasteiger charge is -2.25. The highest BCUT2D eigenvalue weighted by atomic mass is 16.4. The summed E-state index contributed by atoms with van der Waals surface area (Å²) in [5, 5.41) is 24.8. The van der Waals surface area contributed by atoms with Crippen molar-refractivity contribution < 1.29 is 43.8 Å². The summed E-state index contributed by atoms with van der Waals surface area (Å²) in [6.45, 7) is 1.09. The minimum atomic E-state index is -1.76. The molecular weight excluding hydrogens is 446 g/mol. The lowest BCUT2D eigenvalue weighted by molar-refractivity contribution is -0.145. The summed E-state index contributed by atoms with van der Waals surface area (Å²) < 4.78 is 0. The summed E-state index contributed by atoms with van der Waals surface area (Å²) >= 11 is 0. The zero-order valence-corrected chi connectivity index (χ0v) is 17.8. The predicted octanol–water partition coefficient (Wildman–Crippen LogP) is -5.75. The molecule has 0 bridgehead atoms. The molecule has 0 aromatic rings. The molecule has 0 spiro atoms. The third-order valence-electron chi connectivity index (χ3n) is 4.15. The first-order valence-electron chi connectivity index (χ1n) is 9.58. The normalized spacial score (nSPS) is 15.1. The lowest BCUT2D eigenvalue weighted by atomic mass is 10.1. The van der Waals surface area contributed by atoms with Crippen LogP contribution < -0.4 is 38.9 Å². The second-order valence-corrected chi connectivity index (χ2v) is 7.14. The van der Waals surface area contributed by atoms with Crippen LogP contribution in [0.2, 0.25) is 0 Å². The molecule has 6 amide bonds. The molecule has 16 nitrogen and oxygen atoms in total.